The molecule has 5 rings (SSSR count). The van der Waals surface area contributed by atoms with Crippen molar-refractivity contribution < 1.29 is 0 Å². The lowest BCUT2D eigenvalue weighted by atomic mass is 10.00. The second kappa shape index (κ2) is 10.8. The van der Waals surface area contributed by atoms with Gasteiger partial charge in [0.15, 0.2) is 0 Å². The summed E-state index contributed by atoms with van der Waals surface area (Å²) < 4.78 is 4.48. The van der Waals surface area contributed by atoms with Crippen LogP contribution in [-0.4, -0.2) is 19.1 Å². The van der Waals surface area contributed by atoms with E-state index in [4.69, 9.17) is 9.97 Å². The maximum atomic E-state index is 5.02. The monoisotopic (exact) mass is 502 g/mol. The maximum Gasteiger partial charge on any atom is 0.137 e. The summed E-state index contributed by atoms with van der Waals surface area (Å²) in [6, 6.07) is 26.5. The topological polar surface area (TPSA) is 35.6 Å². The highest BCUT2D eigenvalue weighted by atomic mass is 15.1. The molecule has 0 N–H and O–H groups in total. The summed E-state index contributed by atoms with van der Waals surface area (Å²) in [6.45, 7) is 12.8. The second-order valence-corrected chi connectivity index (χ2v) is 10.7. The van der Waals surface area contributed by atoms with Crippen LogP contribution in [0.4, 0.5) is 0 Å². The van der Waals surface area contributed by atoms with E-state index in [2.05, 4.69) is 123 Å². The zero-order valence-electron chi connectivity index (χ0n) is 23.5. The third kappa shape index (κ3) is 5.65. The Kier molecular flexibility index (Phi) is 7.33. The summed E-state index contributed by atoms with van der Waals surface area (Å²) in [5, 5.41) is 0. The van der Waals surface area contributed by atoms with Crippen molar-refractivity contribution in [3.63, 3.8) is 0 Å². The SMILES string of the molecule is Cc1cc(CCc2cccc(CCc3cc(C)nc(-n4c(C)ccc4C)c3)c2)nc(-n2c(C)ccc2C)c1. The van der Waals surface area contributed by atoms with Crippen molar-refractivity contribution in [1.29, 1.82) is 0 Å². The molecule has 0 saturated carbocycles. The van der Waals surface area contributed by atoms with Gasteiger partial charge in [-0.15, -0.1) is 0 Å². The second-order valence-electron chi connectivity index (χ2n) is 10.7. The number of benzene rings is 1. The summed E-state index contributed by atoms with van der Waals surface area (Å²) in [4.78, 5) is 9.83. The third-order valence-corrected chi connectivity index (χ3v) is 7.37. The molecule has 0 aliphatic heterocycles. The van der Waals surface area contributed by atoms with Gasteiger partial charge in [0.1, 0.15) is 11.6 Å². The van der Waals surface area contributed by atoms with Crippen LogP contribution in [0.2, 0.25) is 0 Å². The first-order valence-corrected chi connectivity index (χ1v) is 13.6. The first kappa shape index (κ1) is 25.7. The largest absolute Gasteiger partial charge is 0.303 e. The van der Waals surface area contributed by atoms with E-state index in [1.807, 2.05) is 0 Å². The normalized spacial score (nSPS) is 11.3. The fourth-order valence-corrected chi connectivity index (χ4v) is 5.50. The van der Waals surface area contributed by atoms with Crippen LogP contribution < -0.4 is 0 Å². The van der Waals surface area contributed by atoms with Crippen molar-refractivity contribution in [1.82, 2.24) is 19.1 Å². The van der Waals surface area contributed by atoms with Gasteiger partial charge in [-0.2, -0.15) is 0 Å². The van der Waals surface area contributed by atoms with Crippen molar-refractivity contribution in [3.8, 4) is 11.6 Å². The highest BCUT2D eigenvalue weighted by Gasteiger charge is 2.10. The Morgan fingerprint density at radius 2 is 1.03 bits per heavy atom. The Balaban J connectivity index is 1.27. The number of nitrogens with zero attached hydrogens (tertiary/aromatic N) is 4. The molecule has 194 valence electrons. The van der Waals surface area contributed by atoms with Crippen LogP contribution in [0.1, 0.15) is 56.4 Å². The molecule has 0 fully saturated rings. The Labute approximate surface area is 227 Å². The van der Waals surface area contributed by atoms with Gasteiger partial charge in [-0.1, -0.05) is 24.3 Å². The van der Waals surface area contributed by atoms with Crippen LogP contribution in [0.25, 0.3) is 11.6 Å². The number of aryl methyl sites for hydroxylation is 10. The Bertz CT molecular complexity index is 1430. The fraction of sp³-hybridized carbons (Fsp3) is 0.294. The zero-order valence-corrected chi connectivity index (χ0v) is 23.5. The van der Waals surface area contributed by atoms with Gasteiger partial charge in [-0.25, -0.2) is 9.97 Å². The van der Waals surface area contributed by atoms with Crippen LogP contribution in [0.5, 0.6) is 0 Å². The van der Waals surface area contributed by atoms with E-state index in [-0.39, 0.29) is 0 Å². The molecule has 38 heavy (non-hydrogen) atoms. The average molecular weight is 503 g/mol. The summed E-state index contributed by atoms with van der Waals surface area (Å²) in [7, 11) is 0. The molecule has 0 atom stereocenters. The summed E-state index contributed by atoms with van der Waals surface area (Å²) in [5.41, 5.74) is 12.4. The predicted octanol–water partition coefficient (Wildman–Crippen LogP) is 7.48. The molecule has 1 aromatic carbocycles. The smallest absolute Gasteiger partial charge is 0.137 e. The van der Waals surface area contributed by atoms with E-state index in [0.29, 0.717) is 0 Å². The Morgan fingerprint density at radius 3 is 1.63 bits per heavy atom. The van der Waals surface area contributed by atoms with Gasteiger partial charge >= 0.3 is 0 Å². The molecule has 4 heterocycles. The van der Waals surface area contributed by atoms with Gasteiger partial charge in [0.2, 0.25) is 0 Å². The van der Waals surface area contributed by atoms with Crippen LogP contribution in [-0.2, 0) is 25.7 Å². The van der Waals surface area contributed by atoms with Gasteiger partial charge in [0, 0.05) is 34.2 Å². The molecule has 0 amide bonds. The molecule has 0 aliphatic carbocycles. The summed E-state index contributed by atoms with van der Waals surface area (Å²) in [5.74, 6) is 2.04. The molecular formula is C34H38N4. The van der Waals surface area contributed by atoms with Gasteiger partial charge in [0.05, 0.1) is 0 Å². The highest BCUT2D eigenvalue weighted by Crippen LogP contribution is 2.20. The standard InChI is InChI=1S/C34H38N4/c1-23-18-32(36-33(19-23)37-25(3)10-11-26(37)4)17-16-30-9-7-8-29(21-30)14-15-31-20-24(2)35-34(22-31)38-27(5)12-13-28(38)6/h7-13,18-22H,14-17H2,1-6H3. The molecule has 0 unspecified atom stereocenters. The lowest BCUT2D eigenvalue weighted by Gasteiger charge is -2.13. The minimum absolute atomic E-state index is 0.931. The zero-order chi connectivity index (χ0) is 26.8. The van der Waals surface area contributed by atoms with Gasteiger partial charge in [-0.3, -0.25) is 0 Å². The molecular weight excluding hydrogens is 464 g/mol. The molecule has 0 aliphatic rings. The van der Waals surface area contributed by atoms with Gasteiger partial charge in [-0.05, 0) is 138 Å². The average Bonchev–Trinajstić information content (AvgIpc) is 3.40. The molecule has 4 nitrogen and oxygen atoms in total. The quantitative estimate of drug-likeness (QED) is 0.220. The number of hydrogen-bond acceptors (Lipinski definition) is 2. The fourth-order valence-electron chi connectivity index (χ4n) is 5.50. The van der Waals surface area contributed by atoms with Gasteiger partial charge < -0.3 is 9.13 Å². The molecule has 4 heteroatoms. The number of rotatable bonds is 8. The molecule has 5 aromatic rings. The van der Waals surface area contributed by atoms with E-state index in [1.165, 1.54) is 45.0 Å². The molecule has 0 bridgehead atoms. The maximum absolute atomic E-state index is 5.02. The summed E-state index contributed by atoms with van der Waals surface area (Å²) in [6.07, 6.45) is 3.93. The van der Waals surface area contributed by atoms with E-state index in [9.17, 15) is 0 Å². The van der Waals surface area contributed by atoms with Gasteiger partial charge in [0.25, 0.3) is 0 Å². The highest BCUT2D eigenvalue weighted by molar-refractivity contribution is 5.38. The third-order valence-electron chi connectivity index (χ3n) is 7.37. The van der Waals surface area contributed by atoms with Crippen LogP contribution in [0.15, 0.2) is 72.8 Å². The van der Waals surface area contributed by atoms with Crippen molar-refractivity contribution >= 4 is 0 Å². The molecule has 0 radical (unpaired) electrons. The number of pyridine rings is 2. The van der Waals surface area contributed by atoms with E-state index < -0.39 is 0 Å². The van der Waals surface area contributed by atoms with Crippen molar-refractivity contribution in [3.05, 3.63) is 129 Å². The Morgan fingerprint density at radius 1 is 0.500 bits per heavy atom. The number of hydrogen-bond donors (Lipinski definition) is 0. The lowest BCUT2D eigenvalue weighted by molar-refractivity contribution is 0.858. The summed E-state index contributed by atoms with van der Waals surface area (Å²) >= 11 is 0. The lowest BCUT2D eigenvalue weighted by Crippen LogP contribution is -2.05. The van der Waals surface area contributed by atoms with E-state index in [1.54, 1.807) is 0 Å². The minimum atomic E-state index is 0.931. The van der Waals surface area contributed by atoms with Crippen LogP contribution >= 0.6 is 0 Å². The first-order valence-electron chi connectivity index (χ1n) is 13.6. The first-order chi connectivity index (χ1) is 18.3. The van der Waals surface area contributed by atoms with Crippen molar-refractivity contribution in [2.24, 2.45) is 0 Å². The minimum Gasteiger partial charge on any atom is -0.303 e. The van der Waals surface area contributed by atoms with Crippen molar-refractivity contribution in [2.75, 3.05) is 0 Å². The van der Waals surface area contributed by atoms with Crippen LogP contribution in [0, 0.1) is 41.5 Å². The van der Waals surface area contributed by atoms with Crippen molar-refractivity contribution in [2.45, 2.75) is 67.2 Å². The van der Waals surface area contributed by atoms with Crippen LogP contribution in [0.3, 0.4) is 0 Å². The van der Waals surface area contributed by atoms with E-state index in [0.717, 1.165) is 48.7 Å². The number of aromatic nitrogens is 4. The Hall–Kier alpha value is -3.92. The molecule has 4 aromatic heterocycles. The predicted molar refractivity (Wildman–Crippen MR) is 157 cm³/mol. The molecule has 0 saturated heterocycles. The molecule has 0 spiro atoms. The van der Waals surface area contributed by atoms with E-state index >= 15 is 0 Å².